The molecule has 6 nitrogen and oxygen atoms in total. The van der Waals surface area contributed by atoms with Gasteiger partial charge in [-0.05, 0) is 24.8 Å². The van der Waals surface area contributed by atoms with Crippen LogP contribution in [0.1, 0.15) is 74.9 Å². The molecule has 0 amide bonds. The number of aromatic amines is 1. The van der Waals surface area contributed by atoms with Crippen LogP contribution in [0, 0.1) is 0 Å². The van der Waals surface area contributed by atoms with Gasteiger partial charge in [0.15, 0.2) is 5.78 Å². The van der Waals surface area contributed by atoms with Gasteiger partial charge in [0, 0.05) is 18.4 Å². The van der Waals surface area contributed by atoms with E-state index in [4.69, 9.17) is 9.47 Å². The average Bonchev–Trinajstić information content (AvgIpc) is 3.01. The molecular weight excluding hydrogens is 310 g/mol. The van der Waals surface area contributed by atoms with Crippen LogP contribution in [0.25, 0.3) is 0 Å². The van der Waals surface area contributed by atoms with Crippen molar-refractivity contribution in [2.24, 2.45) is 0 Å². The Labute approximate surface area is 140 Å². The van der Waals surface area contributed by atoms with Gasteiger partial charge in [-0.1, -0.05) is 19.3 Å². The van der Waals surface area contributed by atoms with Gasteiger partial charge in [-0.25, -0.2) is 4.79 Å². The summed E-state index contributed by atoms with van der Waals surface area (Å²) in [6.45, 7) is 0.0363. The summed E-state index contributed by atoms with van der Waals surface area (Å²) in [7, 11) is 2.74. The monoisotopic (exact) mass is 331 g/mol. The van der Waals surface area contributed by atoms with E-state index < -0.39 is 5.97 Å². The smallest absolute Gasteiger partial charge is 0.340 e. The summed E-state index contributed by atoms with van der Waals surface area (Å²) >= 11 is 0. The fourth-order valence-electron chi connectivity index (χ4n) is 3.66. The molecule has 2 aliphatic rings. The lowest BCUT2D eigenvalue weighted by Gasteiger charge is -2.21. The van der Waals surface area contributed by atoms with Crippen molar-refractivity contribution < 1.29 is 23.9 Å². The minimum absolute atomic E-state index is 0.0363. The number of methoxy groups -OCH3 is 2. The highest BCUT2D eigenvalue weighted by atomic mass is 16.5. The number of Topliss-reactive ketones (excluding diaryl/α,β-unsaturated/α-hetero) is 1. The Hall–Kier alpha value is -2.21. The van der Waals surface area contributed by atoms with Gasteiger partial charge in [0.05, 0.1) is 30.5 Å². The molecule has 0 unspecified atom stereocenters. The fraction of sp³-hybridized carbons (Fsp3) is 0.500. The zero-order valence-electron chi connectivity index (χ0n) is 13.9. The fourth-order valence-corrected chi connectivity index (χ4v) is 3.66. The third kappa shape index (κ3) is 2.71. The summed E-state index contributed by atoms with van der Waals surface area (Å²) in [5.74, 6) is -1.08. The number of hydrogen-bond donors (Lipinski definition) is 1. The van der Waals surface area contributed by atoms with Crippen LogP contribution >= 0.6 is 0 Å². The minimum Gasteiger partial charge on any atom is -0.465 e. The molecule has 1 N–H and O–H groups in total. The van der Waals surface area contributed by atoms with Crippen LogP contribution in [0.3, 0.4) is 0 Å². The van der Waals surface area contributed by atoms with Gasteiger partial charge in [0.1, 0.15) is 0 Å². The summed E-state index contributed by atoms with van der Waals surface area (Å²) in [6, 6.07) is 0. The second-order valence-corrected chi connectivity index (χ2v) is 6.29. The predicted octanol–water partition coefficient (Wildman–Crippen LogP) is 2.80. The largest absolute Gasteiger partial charge is 0.465 e. The first-order valence-corrected chi connectivity index (χ1v) is 8.21. The van der Waals surface area contributed by atoms with E-state index in [1.165, 1.54) is 26.7 Å². The Kier molecular flexibility index (Phi) is 4.66. The lowest BCUT2D eigenvalue weighted by molar-refractivity contribution is 0.0595. The summed E-state index contributed by atoms with van der Waals surface area (Å²) in [6.07, 6.45) is 6.47. The van der Waals surface area contributed by atoms with E-state index in [0.29, 0.717) is 5.69 Å². The Balaban J connectivity index is 2.13. The maximum absolute atomic E-state index is 12.8. The molecule has 3 rings (SSSR count). The number of hydrogen-bond acceptors (Lipinski definition) is 5. The maximum Gasteiger partial charge on any atom is 0.340 e. The van der Waals surface area contributed by atoms with Crippen molar-refractivity contribution in [2.75, 3.05) is 20.8 Å². The quantitative estimate of drug-likeness (QED) is 0.858. The van der Waals surface area contributed by atoms with Crippen LogP contribution in [-0.4, -0.2) is 43.3 Å². The lowest BCUT2D eigenvalue weighted by atomic mass is 9.84. The highest BCUT2D eigenvalue weighted by Gasteiger charge is 2.37. The molecule has 0 radical (unpaired) electrons. The zero-order valence-corrected chi connectivity index (χ0v) is 13.9. The lowest BCUT2D eigenvalue weighted by Crippen LogP contribution is -2.21. The molecule has 24 heavy (non-hydrogen) atoms. The third-order valence-electron chi connectivity index (χ3n) is 4.80. The summed E-state index contributed by atoms with van der Waals surface area (Å²) in [5.41, 5.74) is 1.48. The first-order valence-electron chi connectivity index (χ1n) is 8.21. The second-order valence-electron chi connectivity index (χ2n) is 6.29. The van der Waals surface area contributed by atoms with E-state index in [1.54, 1.807) is 0 Å². The van der Waals surface area contributed by atoms with E-state index in [0.717, 1.165) is 25.7 Å². The molecule has 0 saturated heterocycles. The van der Waals surface area contributed by atoms with Crippen molar-refractivity contribution in [3.8, 4) is 0 Å². The van der Waals surface area contributed by atoms with Gasteiger partial charge in [0.2, 0.25) is 5.78 Å². The summed E-state index contributed by atoms with van der Waals surface area (Å²) in [4.78, 5) is 40.6. The number of allylic oxidation sites excluding steroid dienone is 1. The van der Waals surface area contributed by atoms with Gasteiger partial charge in [-0.15, -0.1) is 0 Å². The molecule has 6 heteroatoms. The SMILES string of the molecule is COCC1=CC(=O)c2[nH]c(C3CCCCC3)c(C(=O)OC)c2C1=O. The van der Waals surface area contributed by atoms with Crippen LogP contribution in [-0.2, 0) is 9.47 Å². The molecule has 2 aliphatic carbocycles. The number of H-pyrrole nitrogens is 1. The Morgan fingerprint density at radius 1 is 1.21 bits per heavy atom. The number of carbonyl (C=O) groups excluding carboxylic acids is 3. The number of ether oxygens (including phenoxy) is 2. The normalized spacial score (nSPS) is 18.3. The first-order chi connectivity index (χ1) is 11.6. The number of rotatable bonds is 4. The molecule has 0 spiro atoms. The molecule has 0 aliphatic heterocycles. The zero-order chi connectivity index (χ0) is 17.3. The maximum atomic E-state index is 12.8. The van der Waals surface area contributed by atoms with E-state index in [1.807, 2.05) is 0 Å². The van der Waals surface area contributed by atoms with Crippen LogP contribution in [0.4, 0.5) is 0 Å². The number of ketones is 2. The summed E-state index contributed by atoms with van der Waals surface area (Å²) < 4.78 is 9.89. The van der Waals surface area contributed by atoms with Crippen molar-refractivity contribution in [1.82, 2.24) is 4.98 Å². The molecule has 1 saturated carbocycles. The molecule has 1 heterocycles. The number of esters is 1. The molecule has 128 valence electrons. The Bertz CT molecular complexity index is 722. The van der Waals surface area contributed by atoms with Crippen molar-refractivity contribution in [2.45, 2.75) is 38.0 Å². The average molecular weight is 331 g/mol. The number of fused-ring (bicyclic) bond motifs is 1. The van der Waals surface area contributed by atoms with Gasteiger partial charge < -0.3 is 14.5 Å². The van der Waals surface area contributed by atoms with Crippen molar-refractivity contribution in [3.63, 3.8) is 0 Å². The Morgan fingerprint density at radius 3 is 2.54 bits per heavy atom. The third-order valence-corrected chi connectivity index (χ3v) is 4.80. The topological polar surface area (TPSA) is 85.5 Å². The van der Waals surface area contributed by atoms with Gasteiger partial charge >= 0.3 is 5.97 Å². The standard InChI is InChI=1S/C18H21NO5/c1-23-9-11-8-12(20)16-13(17(11)21)14(18(22)24-2)15(19-16)10-6-4-3-5-7-10/h8,10,19H,3-7,9H2,1-2H3. The summed E-state index contributed by atoms with van der Waals surface area (Å²) in [5, 5.41) is 0. The number of nitrogens with one attached hydrogen (secondary N) is 1. The molecule has 0 bridgehead atoms. The minimum atomic E-state index is -0.576. The van der Waals surface area contributed by atoms with Crippen molar-refractivity contribution in [3.05, 3.63) is 34.2 Å². The highest BCUT2D eigenvalue weighted by molar-refractivity contribution is 6.27. The van der Waals surface area contributed by atoms with E-state index in [2.05, 4.69) is 4.98 Å². The van der Waals surface area contributed by atoms with Crippen LogP contribution in [0.5, 0.6) is 0 Å². The van der Waals surface area contributed by atoms with Crippen molar-refractivity contribution >= 4 is 17.5 Å². The molecular formula is C18H21NO5. The molecule has 1 aromatic rings. The van der Waals surface area contributed by atoms with Gasteiger partial charge in [-0.2, -0.15) is 0 Å². The molecule has 1 fully saturated rings. The number of carbonyl (C=O) groups is 3. The number of aromatic nitrogens is 1. The second kappa shape index (κ2) is 6.73. The van der Waals surface area contributed by atoms with Crippen molar-refractivity contribution in [1.29, 1.82) is 0 Å². The van der Waals surface area contributed by atoms with Crippen LogP contribution in [0.2, 0.25) is 0 Å². The molecule has 1 aromatic heterocycles. The van der Waals surface area contributed by atoms with E-state index >= 15 is 0 Å². The highest BCUT2D eigenvalue weighted by Crippen LogP contribution is 2.38. The first kappa shape index (κ1) is 16.6. The Morgan fingerprint density at radius 2 is 1.92 bits per heavy atom. The van der Waals surface area contributed by atoms with Crippen LogP contribution < -0.4 is 0 Å². The van der Waals surface area contributed by atoms with Gasteiger partial charge in [-0.3, -0.25) is 9.59 Å². The molecule has 0 atom stereocenters. The predicted molar refractivity (Wildman–Crippen MR) is 86.6 cm³/mol. The van der Waals surface area contributed by atoms with E-state index in [9.17, 15) is 14.4 Å². The van der Waals surface area contributed by atoms with Crippen LogP contribution in [0.15, 0.2) is 11.6 Å². The molecule has 0 aromatic carbocycles. The van der Waals surface area contributed by atoms with Gasteiger partial charge in [0.25, 0.3) is 0 Å². The van der Waals surface area contributed by atoms with E-state index in [-0.39, 0.29) is 46.5 Å².